The molecular formula is C21H22O4. The second-order valence-electron chi connectivity index (χ2n) is 6.82. The predicted octanol–water partition coefficient (Wildman–Crippen LogP) is 3.35. The minimum absolute atomic E-state index is 0.110. The molecule has 2 bridgehead atoms. The van der Waals surface area contributed by atoms with Crippen molar-refractivity contribution >= 4 is 11.9 Å². The Morgan fingerprint density at radius 2 is 1.32 bits per heavy atom. The zero-order valence-electron chi connectivity index (χ0n) is 14.5. The molecule has 4 rings (SSSR count). The van der Waals surface area contributed by atoms with Gasteiger partial charge in [0.2, 0.25) is 0 Å². The van der Waals surface area contributed by atoms with Gasteiger partial charge in [-0.25, -0.2) is 0 Å². The molecule has 0 radical (unpaired) electrons. The minimum Gasteiger partial charge on any atom is -0.465 e. The van der Waals surface area contributed by atoms with Crippen LogP contribution in [0.5, 0.6) is 0 Å². The van der Waals surface area contributed by atoms with Gasteiger partial charge < -0.3 is 9.47 Å². The number of benzene rings is 1. The number of hydrogen-bond acceptors (Lipinski definition) is 4. The zero-order chi connectivity index (χ0) is 17.6. The van der Waals surface area contributed by atoms with Crippen LogP contribution in [-0.4, -0.2) is 25.2 Å². The Labute approximate surface area is 147 Å². The van der Waals surface area contributed by atoms with E-state index in [9.17, 15) is 9.59 Å². The molecule has 0 aromatic heterocycles. The molecule has 4 heteroatoms. The van der Waals surface area contributed by atoms with Gasteiger partial charge in [0.1, 0.15) is 0 Å². The van der Waals surface area contributed by atoms with Crippen molar-refractivity contribution in [1.82, 2.24) is 0 Å². The molecule has 4 unspecified atom stereocenters. The molecule has 1 aromatic rings. The molecule has 0 heterocycles. The average Bonchev–Trinajstić information content (AvgIpc) is 3.11. The molecular weight excluding hydrogens is 316 g/mol. The summed E-state index contributed by atoms with van der Waals surface area (Å²) in [6, 6.07) is 8.02. The van der Waals surface area contributed by atoms with E-state index < -0.39 is 17.4 Å². The van der Waals surface area contributed by atoms with Gasteiger partial charge in [-0.15, -0.1) is 0 Å². The topological polar surface area (TPSA) is 52.6 Å². The van der Waals surface area contributed by atoms with Gasteiger partial charge in [0.25, 0.3) is 0 Å². The lowest BCUT2D eigenvalue weighted by Crippen LogP contribution is -2.45. The number of esters is 2. The summed E-state index contributed by atoms with van der Waals surface area (Å²) in [7, 11) is 0. The van der Waals surface area contributed by atoms with Crippen LogP contribution < -0.4 is 0 Å². The van der Waals surface area contributed by atoms with Crippen LogP contribution in [0.25, 0.3) is 0 Å². The van der Waals surface area contributed by atoms with E-state index in [0.717, 1.165) is 11.1 Å². The molecule has 0 N–H and O–H groups in total. The smallest absolute Gasteiger partial charge is 0.324 e. The maximum atomic E-state index is 13.2. The molecule has 4 atom stereocenters. The zero-order valence-corrected chi connectivity index (χ0v) is 14.5. The van der Waals surface area contributed by atoms with Crippen molar-refractivity contribution in [3.8, 4) is 0 Å². The number of fused-ring (bicyclic) bond motifs is 8. The Balaban J connectivity index is 1.95. The maximum absolute atomic E-state index is 13.2. The van der Waals surface area contributed by atoms with E-state index in [1.807, 2.05) is 36.4 Å². The van der Waals surface area contributed by atoms with Crippen LogP contribution in [-0.2, 0) is 19.1 Å². The Kier molecular flexibility index (Phi) is 3.78. The normalized spacial score (nSPS) is 29.8. The molecule has 4 nitrogen and oxygen atoms in total. The SMILES string of the molecule is CCOC(=O)C1(C(=O)OCC)C2c3ccccc3C1C1C=CC=CC12. The summed E-state index contributed by atoms with van der Waals surface area (Å²) in [4.78, 5) is 26.4. The van der Waals surface area contributed by atoms with Crippen molar-refractivity contribution in [3.63, 3.8) is 0 Å². The summed E-state index contributed by atoms with van der Waals surface area (Å²) in [6.45, 7) is 4.04. The van der Waals surface area contributed by atoms with E-state index >= 15 is 0 Å². The second kappa shape index (κ2) is 5.87. The highest BCUT2D eigenvalue weighted by atomic mass is 16.6. The lowest BCUT2D eigenvalue weighted by molar-refractivity contribution is -0.173. The molecule has 1 saturated carbocycles. The van der Waals surface area contributed by atoms with Gasteiger partial charge in [-0.3, -0.25) is 9.59 Å². The van der Waals surface area contributed by atoms with Gasteiger partial charge in [0.15, 0.2) is 5.41 Å². The molecule has 3 aliphatic carbocycles. The lowest BCUT2D eigenvalue weighted by atomic mass is 9.74. The van der Waals surface area contributed by atoms with E-state index in [2.05, 4.69) is 12.2 Å². The third kappa shape index (κ3) is 1.94. The standard InChI is InChI=1S/C21H22O4/c1-3-24-19(22)21(20(23)25-4-2)17-13-9-5-6-10-14(13)18(21)16-12-8-7-11-15(16)17/h5-14,17-18H,3-4H2,1-2H3. The van der Waals surface area contributed by atoms with Crippen molar-refractivity contribution in [2.75, 3.05) is 13.2 Å². The van der Waals surface area contributed by atoms with Crippen molar-refractivity contribution in [1.29, 1.82) is 0 Å². The molecule has 1 aromatic carbocycles. The maximum Gasteiger partial charge on any atom is 0.324 e. The summed E-state index contributed by atoms with van der Waals surface area (Å²) in [5, 5.41) is 0. The first-order valence-electron chi connectivity index (χ1n) is 8.96. The van der Waals surface area contributed by atoms with Crippen LogP contribution in [0, 0.1) is 17.3 Å². The fraction of sp³-hybridized carbons (Fsp3) is 0.429. The monoisotopic (exact) mass is 338 g/mol. The summed E-state index contributed by atoms with van der Waals surface area (Å²) < 4.78 is 10.9. The number of rotatable bonds is 4. The van der Waals surface area contributed by atoms with Crippen molar-refractivity contribution in [3.05, 3.63) is 59.7 Å². The Hall–Kier alpha value is -2.36. The summed E-state index contributed by atoms with van der Waals surface area (Å²) in [5.41, 5.74) is 0.869. The van der Waals surface area contributed by atoms with Crippen LogP contribution in [0.1, 0.15) is 36.8 Å². The first-order valence-corrected chi connectivity index (χ1v) is 8.96. The van der Waals surface area contributed by atoms with Crippen LogP contribution in [0.15, 0.2) is 48.6 Å². The molecule has 25 heavy (non-hydrogen) atoms. The summed E-state index contributed by atoms with van der Waals surface area (Å²) in [6.07, 6.45) is 8.26. The first-order chi connectivity index (χ1) is 12.2. The minimum atomic E-state index is -1.29. The first kappa shape index (κ1) is 16.1. The van der Waals surface area contributed by atoms with Crippen molar-refractivity contribution < 1.29 is 19.1 Å². The fourth-order valence-corrected chi connectivity index (χ4v) is 5.18. The van der Waals surface area contributed by atoms with Crippen LogP contribution in [0.4, 0.5) is 0 Å². The molecule has 0 aliphatic heterocycles. The number of allylic oxidation sites excluding steroid dienone is 4. The number of carbonyl (C=O) groups is 2. The highest BCUT2D eigenvalue weighted by Crippen LogP contribution is 2.71. The number of ether oxygens (including phenoxy) is 2. The molecule has 3 aliphatic rings. The predicted molar refractivity (Wildman–Crippen MR) is 92.9 cm³/mol. The van der Waals surface area contributed by atoms with E-state index in [4.69, 9.17) is 9.47 Å². The average molecular weight is 338 g/mol. The quantitative estimate of drug-likeness (QED) is 0.624. The molecule has 1 fully saturated rings. The molecule has 0 saturated heterocycles. The van der Waals surface area contributed by atoms with E-state index in [1.165, 1.54) is 0 Å². The molecule has 0 amide bonds. The van der Waals surface area contributed by atoms with Gasteiger partial charge >= 0.3 is 11.9 Å². The summed E-state index contributed by atoms with van der Waals surface area (Å²) >= 11 is 0. The van der Waals surface area contributed by atoms with Gasteiger partial charge in [-0.1, -0.05) is 48.6 Å². The van der Waals surface area contributed by atoms with E-state index in [0.29, 0.717) is 0 Å². The fourth-order valence-electron chi connectivity index (χ4n) is 5.18. The van der Waals surface area contributed by atoms with Gasteiger partial charge in [-0.2, -0.15) is 0 Å². The Morgan fingerprint density at radius 1 is 0.880 bits per heavy atom. The summed E-state index contributed by atoms with van der Waals surface area (Å²) in [5.74, 6) is -1.15. The highest BCUT2D eigenvalue weighted by molar-refractivity contribution is 6.04. The molecule has 130 valence electrons. The number of carbonyl (C=O) groups excluding carboxylic acids is 2. The second-order valence-corrected chi connectivity index (χ2v) is 6.82. The van der Waals surface area contributed by atoms with Crippen LogP contribution in [0.3, 0.4) is 0 Å². The van der Waals surface area contributed by atoms with Crippen molar-refractivity contribution in [2.45, 2.75) is 25.7 Å². The van der Waals surface area contributed by atoms with Gasteiger partial charge in [-0.05, 0) is 36.8 Å². The highest BCUT2D eigenvalue weighted by Gasteiger charge is 2.73. The van der Waals surface area contributed by atoms with E-state index in [1.54, 1.807) is 13.8 Å². The van der Waals surface area contributed by atoms with Crippen molar-refractivity contribution in [2.24, 2.45) is 17.3 Å². The van der Waals surface area contributed by atoms with E-state index in [-0.39, 0.29) is 36.9 Å². The van der Waals surface area contributed by atoms with Crippen LogP contribution >= 0.6 is 0 Å². The lowest BCUT2D eigenvalue weighted by Gasteiger charge is -2.30. The van der Waals surface area contributed by atoms with Crippen LogP contribution in [0.2, 0.25) is 0 Å². The third-order valence-electron chi connectivity index (χ3n) is 5.87. The number of hydrogen-bond donors (Lipinski definition) is 0. The van der Waals surface area contributed by atoms with Gasteiger partial charge in [0.05, 0.1) is 13.2 Å². The van der Waals surface area contributed by atoms with Gasteiger partial charge in [0, 0.05) is 11.8 Å². The Morgan fingerprint density at radius 3 is 1.72 bits per heavy atom. The third-order valence-corrected chi connectivity index (χ3v) is 5.87. The molecule has 0 spiro atoms. The Bertz CT molecular complexity index is 711. The largest absolute Gasteiger partial charge is 0.465 e.